The van der Waals surface area contributed by atoms with E-state index < -0.39 is 0 Å². The largest absolute Gasteiger partial charge is 0.443 e. The van der Waals surface area contributed by atoms with Crippen molar-refractivity contribution in [2.45, 2.75) is 6.92 Å². The number of halogens is 1. The Morgan fingerprint density at radius 1 is 1.00 bits per heavy atom. The Bertz CT molecular complexity index is 1100. The highest BCUT2D eigenvalue weighted by Gasteiger charge is 2.18. The summed E-state index contributed by atoms with van der Waals surface area (Å²) in [6.45, 7) is 1.95. The lowest BCUT2D eigenvalue weighted by molar-refractivity contribution is 0.498. The molecular formula is C20H15ClN4OS. The fourth-order valence-corrected chi connectivity index (χ4v) is 3.72. The molecule has 0 bridgehead atoms. The van der Waals surface area contributed by atoms with Crippen LogP contribution in [0, 0.1) is 6.92 Å². The summed E-state index contributed by atoms with van der Waals surface area (Å²) in [5, 5.41) is 1.99. The third kappa shape index (κ3) is 3.63. The molecule has 4 aromatic rings. The lowest BCUT2D eigenvalue weighted by Gasteiger charge is -2.13. The van der Waals surface area contributed by atoms with Gasteiger partial charge in [-0.3, -0.25) is 0 Å². The SMILES string of the molecule is Cc1nc(-c2ccccc2)c(Oc2ccnc(N)c2-c2ccnc(Cl)c2)s1. The summed E-state index contributed by atoms with van der Waals surface area (Å²) in [4.78, 5) is 12.8. The van der Waals surface area contributed by atoms with Gasteiger partial charge < -0.3 is 10.5 Å². The van der Waals surface area contributed by atoms with Crippen LogP contribution in [-0.4, -0.2) is 15.0 Å². The topological polar surface area (TPSA) is 73.9 Å². The number of nitrogens with two attached hydrogens (primary N) is 1. The van der Waals surface area contributed by atoms with E-state index in [-0.39, 0.29) is 0 Å². The van der Waals surface area contributed by atoms with E-state index in [1.807, 2.05) is 43.3 Å². The van der Waals surface area contributed by atoms with Gasteiger partial charge in [-0.15, -0.1) is 0 Å². The van der Waals surface area contributed by atoms with Crippen LogP contribution >= 0.6 is 22.9 Å². The minimum atomic E-state index is 0.359. The first-order valence-corrected chi connectivity index (χ1v) is 9.38. The van der Waals surface area contributed by atoms with Crippen LogP contribution in [0.1, 0.15) is 5.01 Å². The van der Waals surface area contributed by atoms with E-state index in [4.69, 9.17) is 22.1 Å². The Balaban J connectivity index is 1.80. The third-order valence-electron chi connectivity index (χ3n) is 3.91. The molecule has 4 rings (SSSR count). The van der Waals surface area contributed by atoms with Crippen molar-refractivity contribution in [1.29, 1.82) is 0 Å². The smallest absolute Gasteiger partial charge is 0.208 e. The van der Waals surface area contributed by atoms with Gasteiger partial charge in [-0.1, -0.05) is 53.3 Å². The van der Waals surface area contributed by atoms with Gasteiger partial charge in [-0.25, -0.2) is 15.0 Å². The van der Waals surface area contributed by atoms with E-state index in [1.165, 1.54) is 11.3 Å². The highest BCUT2D eigenvalue weighted by molar-refractivity contribution is 7.13. The maximum Gasteiger partial charge on any atom is 0.208 e. The monoisotopic (exact) mass is 394 g/mol. The van der Waals surface area contributed by atoms with Gasteiger partial charge in [0.2, 0.25) is 5.06 Å². The van der Waals surface area contributed by atoms with Crippen molar-refractivity contribution >= 4 is 28.8 Å². The minimum Gasteiger partial charge on any atom is -0.443 e. The van der Waals surface area contributed by atoms with Gasteiger partial charge in [0, 0.05) is 18.0 Å². The standard InChI is InChI=1S/C20H15ClN4OS/c1-12-25-18(13-5-3-2-4-6-13)20(27-12)26-15-8-10-24-19(22)17(15)14-7-9-23-16(21)11-14/h2-11H,1H3,(H2,22,24). The molecule has 0 atom stereocenters. The number of thiazole rings is 1. The highest BCUT2D eigenvalue weighted by Crippen LogP contribution is 2.42. The predicted octanol–water partition coefficient (Wildman–Crippen LogP) is 5.60. The van der Waals surface area contributed by atoms with E-state index in [2.05, 4.69) is 15.0 Å². The molecule has 0 aliphatic rings. The van der Waals surface area contributed by atoms with Gasteiger partial charge in [-0.2, -0.15) is 0 Å². The van der Waals surface area contributed by atoms with E-state index in [0.717, 1.165) is 21.8 Å². The maximum absolute atomic E-state index is 6.26. The highest BCUT2D eigenvalue weighted by atomic mass is 35.5. The van der Waals surface area contributed by atoms with Gasteiger partial charge >= 0.3 is 0 Å². The molecular weight excluding hydrogens is 380 g/mol. The lowest BCUT2D eigenvalue weighted by atomic mass is 10.1. The first kappa shape index (κ1) is 17.5. The first-order chi connectivity index (χ1) is 13.1. The Labute approximate surface area is 165 Å². The molecule has 2 N–H and O–H groups in total. The first-order valence-electron chi connectivity index (χ1n) is 8.19. The molecule has 3 heterocycles. The zero-order valence-corrected chi connectivity index (χ0v) is 16.0. The summed E-state index contributed by atoms with van der Waals surface area (Å²) < 4.78 is 6.26. The predicted molar refractivity (Wildman–Crippen MR) is 109 cm³/mol. The van der Waals surface area contributed by atoms with Crippen molar-refractivity contribution in [1.82, 2.24) is 15.0 Å². The summed E-state index contributed by atoms with van der Waals surface area (Å²) in [5.41, 5.74) is 9.40. The Hall–Kier alpha value is -2.96. The maximum atomic E-state index is 6.26. The average Bonchev–Trinajstić information content (AvgIpc) is 3.03. The summed E-state index contributed by atoms with van der Waals surface area (Å²) in [6, 6.07) is 15.3. The van der Waals surface area contributed by atoms with Gasteiger partial charge in [0.1, 0.15) is 22.4 Å². The number of anilines is 1. The van der Waals surface area contributed by atoms with Crippen LogP contribution in [0.4, 0.5) is 5.82 Å². The summed E-state index contributed by atoms with van der Waals surface area (Å²) in [7, 11) is 0. The molecule has 27 heavy (non-hydrogen) atoms. The molecule has 0 radical (unpaired) electrons. The van der Waals surface area contributed by atoms with Crippen LogP contribution < -0.4 is 10.5 Å². The summed E-state index contributed by atoms with van der Waals surface area (Å²) in [5.74, 6) is 0.947. The number of pyridine rings is 2. The molecule has 0 spiro atoms. The second-order valence-electron chi connectivity index (χ2n) is 5.77. The molecule has 0 aliphatic carbocycles. The number of aromatic nitrogens is 3. The van der Waals surface area contributed by atoms with Crippen molar-refractivity contribution in [2.75, 3.05) is 5.73 Å². The van der Waals surface area contributed by atoms with Gasteiger partial charge in [0.05, 0.1) is 10.6 Å². The Morgan fingerprint density at radius 3 is 2.56 bits per heavy atom. The zero-order valence-electron chi connectivity index (χ0n) is 14.4. The van der Waals surface area contributed by atoms with Crippen molar-refractivity contribution < 1.29 is 4.74 Å². The Kier molecular flexibility index (Phi) is 4.75. The summed E-state index contributed by atoms with van der Waals surface area (Å²) in [6.07, 6.45) is 3.24. The molecule has 0 saturated carbocycles. The average molecular weight is 395 g/mol. The molecule has 5 nitrogen and oxygen atoms in total. The number of rotatable bonds is 4. The van der Waals surface area contributed by atoms with Crippen molar-refractivity contribution in [2.24, 2.45) is 0 Å². The van der Waals surface area contributed by atoms with Gasteiger partial charge in [0.25, 0.3) is 0 Å². The van der Waals surface area contributed by atoms with Gasteiger partial charge in [0.15, 0.2) is 0 Å². The molecule has 7 heteroatoms. The third-order valence-corrected chi connectivity index (χ3v) is 4.97. The fraction of sp³-hybridized carbons (Fsp3) is 0.0500. The normalized spacial score (nSPS) is 10.7. The number of hydrogen-bond acceptors (Lipinski definition) is 6. The van der Waals surface area contributed by atoms with Crippen LogP contribution in [0.2, 0.25) is 5.15 Å². The van der Waals surface area contributed by atoms with Crippen LogP contribution in [0.15, 0.2) is 60.9 Å². The van der Waals surface area contributed by atoms with Crippen LogP contribution in [0.5, 0.6) is 10.8 Å². The quantitative estimate of drug-likeness (QED) is 0.456. The molecule has 1 aromatic carbocycles. The number of hydrogen-bond donors (Lipinski definition) is 1. The van der Waals surface area contributed by atoms with Gasteiger partial charge in [-0.05, 0) is 30.7 Å². The number of nitrogen functional groups attached to an aromatic ring is 1. The molecule has 3 aromatic heterocycles. The zero-order chi connectivity index (χ0) is 18.8. The number of nitrogens with zero attached hydrogens (tertiary/aromatic N) is 3. The molecule has 134 valence electrons. The molecule has 0 amide bonds. The molecule has 0 saturated heterocycles. The van der Waals surface area contributed by atoms with E-state index >= 15 is 0 Å². The second kappa shape index (κ2) is 7.34. The molecule has 0 fully saturated rings. The second-order valence-corrected chi connectivity index (χ2v) is 7.33. The van der Waals surface area contributed by atoms with Crippen molar-refractivity contribution in [3.63, 3.8) is 0 Å². The summed E-state index contributed by atoms with van der Waals surface area (Å²) >= 11 is 7.53. The minimum absolute atomic E-state index is 0.359. The van der Waals surface area contributed by atoms with E-state index in [1.54, 1.807) is 24.5 Å². The Morgan fingerprint density at radius 2 is 1.78 bits per heavy atom. The van der Waals surface area contributed by atoms with Crippen LogP contribution in [0.25, 0.3) is 22.4 Å². The fourth-order valence-electron chi connectivity index (χ4n) is 2.75. The van der Waals surface area contributed by atoms with Crippen molar-refractivity contribution in [3.05, 3.63) is 71.1 Å². The lowest BCUT2D eigenvalue weighted by Crippen LogP contribution is -1.97. The number of ether oxygens (including phenoxy) is 1. The van der Waals surface area contributed by atoms with E-state index in [9.17, 15) is 0 Å². The van der Waals surface area contributed by atoms with Crippen LogP contribution in [0.3, 0.4) is 0 Å². The molecule has 0 unspecified atom stereocenters. The number of benzene rings is 1. The van der Waals surface area contributed by atoms with Crippen LogP contribution in [-0.2, 0) is 0 Å². The van der Waals surface area contributed by atoms with Crippen molar-refractivity contribution in [3.8, 4) is 33.2 Å². The molecule has 0 aliphatic heterocycles. The van der Waals surface area contributed by atoms with E-state index in [0.29, 0.717) is 27.3 Å². The number of aryl methyl sites for hydroxylation is 1.